The van der Waals surface area contributed by atoms with Gasteiger partial charge in [-0.05, 0) is 18.6 Å². The first-order chi connectivity index (χ1) is 9.63. The van der Waals surface area contributed by atoms with Gasteiger partial charge in [-0.15, -0.1) is 0 Å². The van der Waals surface area contributed by atoms with Gasteiger partial charge in [-0.3, -0.25) is 9.59 Å². The third kappa shape index (κ3) is 2.99. The van der Waals surface area contributed by atoms with E-state index in [-0.39, 0.29) is 34.3 Å². The zero-order chi connectivity index (χ0) is 14.5. The van der Waals surface area contributed by atoms with E-state index in [1.807, 2.05) is 6.92 Å². The zero-order valence-corrected chi connectivity index (χ0v) is 11.2. The molecule has 0 unspecified atom stereocenters. The molecule has 2 aromatic rings. The molecule has 1 heterocycles. The molecule has 2 rings (SSSR count). The molecular formula is C15H16O5. The Morgan fingerprint density at radius 3 is 2.85 bits per heavy atom. The van der Waals surface area contributed by atoms with Crippen LogP contribution in [0.5, 0.6) is 11.5 Å². The summed E-state index contributed by atoms with van der Waals surface area (Å²) in [5.74, 6) is -0.773. The first kappa shape index (κ1) is 14.1. The fourth-order valence-corrected chi connectivity index (χ4v) is 1.90. The lowest BCUT2D eigenvalue weighted by atomic mass is 10.2. The van der Waals surface area contributed by atoms with Crippen molar-refractivity contribution in [2.75, 3.05) is 0 Å². The molecule has 0 aliphatic carbocycles. The number of ether oxygens (including phenoxy) is 1. The van der Waals surface area contributed by atoms with Crippen LogP contribution in [-0.4, -0.2) is 11.1 Å². The lowest BCUT2D eigenvalue weighted by Crippen LogP contribution is -2.09. The Bertz CT molecular complexity index is 672. The van der Waals surface area contributed by atoms with E-state index in [1.54, 1.807) is 0 Å². The molecule has 20 heavy (non-hydrogen) atoms. The number of rotatable bonds is 5. The van der Waals surface area contributed by atoms with Gasteiger partial charge in [0.2, 0.25) is 5.75 Å². The lowest BCUT2D eigenvalue weighted by Gasteiger charge is -2.08. The zero-order valence-electron chi connectivity index (χ0n) is 11.2. The smallest absolute Gasteiger partial charge is 0.311 e. The Balaban J connectivity index is 2.29. The topological polar surface area (TPSA) is 76.7 Å². The number of fused-ring (bicyclic) bond motifs is 1. The second-order valence-corrected chi connectivity index (χ2v) is 4.51. The largest absolute Gasteiger partial charge is 0.504 e. The highest BCUT2D eigenvalue weighted by molar-refractivity contribution is 5.87. The minimum absolute atomic E-state index is 0.0846. The second-order valence-electron chi connectivity index (χ2n) is 4.51. The molecule has 0 spiro atoms. The van der Waals surface area contributed by atoms with E-state index >= 15 is 0 Å². The quantitative estimate of drug-likeness (QED) is 0.516. The highest BCUT2D eigenvalue weighted by Gasteiger charge is 2.16. The van der Waals surface area contributed by atoms with Crippen molar-refractivity contribution < 1.29 is 19.1 Å². The molecule has 0 aliphatic heterocycles. The van der Waals surface area contributed by atoms with Crippen molar-refractivity contribution >= 4 is 16.9 Å². The molecule has 0 amide bonds. The van der Waals surface area contributed by atoms with Gasteiger partial charge in [0, 0.05) is 12.5 Å². The van der Waals surface area contributed by atoms with Crippen LogP contribution in [0.15, 0.2) is 33.7 Å². The van der Waals surface area contributed by atoms with Crippen molar-refractivity contribution in [1.29, 1.82) is 0 Å². The molecule has 0 fully saturated rings. The number of unbranched alkanes of at least 4 members (excludes halogenated alkanes) is 2. The van der Waals surface area contributed by atoms with E-state index in [0.29, 0.717) is 0 Å². The van der Waals surface area contributed by atoms with E-state index in [9.17, 15) is 14.7 Å². The molecule has 0 atom stereocenters. The maximum absolute atomic E-state index is 11.7. The van der Waals surface area contributed by atoms with Crippen LogP contribution in [-0.2, 0) is 4.79 Å². The molecule has 5 heteroatoms. The van der Waals surface area contributed by atoms with Gasteiger partial charge < -0.3 is 14.3 Å². The van der Waals surface area contributed by atoms with Crippen molar-refractivity contribution in [1.82, 2.24) is 0 Å². The molecule has 5 nitrogen and oxygen atoms in total. The fourth-order valence-electron chi connectivity index (χ4n) is 1.90. The predicted octanol–water partition coefficient (Wildman–Crippen LogP) is 2.98. The monoisotopic (exact) mass is 276 g/mol. The van der Waals surface area contributed by atoms with Crippen molar-refractivity contribution in [3.8, 4) is 11.5 Å². The van der Waals surface area contributed by atoms with Crippen molar-refractivity contribution in [3.63, 3.8) is 0 Å². The summed E-state index contributed by atoms with van der Waals surface area (Å²) < 4.78 is 10.3. The number of aromatic hydroxyl groups is 1. The maximum atomic E-state index is 11.7. The SMILES string of the molecule is CCCCCC(=O)Oc1c(O)ccc2c(=O)ccoc12. The molecule has 0 bridgehead atoms. The lowest BCUT2D eigenvalue weighted by molar-refractivity contribution is -0.134. The van der Waals surface area contributed by atoms with E-state index in [4.69, 9.17) is 9.15 Å². The molecule has 1 N–H and O–H groups in total. The van der Waals surface area contributed by atoms with Crippen LogP contribution in [0, 0.1) is 0 Å². The molecule has 0 saturated carbocycles. The van der Waals surface area contributed by atoms with Crippen molar-refractivity contribution in [2.24, 2.45) is 0 Å². The van der Waals surface area contributed by atoms with Gasteiger partial charge in [-0.25, -0.2) is 0 Å². The van der Waals surface area contributed by atoms with Gasteiger partial charge in [0.1, 0.15) is 0 Å². The normalized spacial score (nSPS) is 10.7. The number of benzene rings is 1. The average Bonchev–Trinajstić information content (AvgIpc) is 2.43. The van der Waals surface area contributed by atoms with Gasteiger partial charge in [0.05, 0.1) is 11.6 Å². The van der Waals surface area contributed by atoms with E-state index in [0.717, 1.165) is 19.3 Å². The summed E-state index contributed by atoms with van der Waals surface area (Å²) in [6.07, 6.45) is 4.14. The Labute approximate surface area is 115 Å². The highest BCUT2D eigenvalue weighted by atomic mass is 16.5. The Morgan fingerprint density at radius 1 is 1.30 bits per heavy atom. The van der Waals surface area contributed by atoms with Crippen LogP contribution in [0.4, 0.5) is 0 Å². The number of hydrogen-bond donors (Lipinski definition) is 1. The molecule has 1 aromatic carbocycles. The number of phenolic OH excluding ortho intramolecular Hbond substituents is 1. The Hall–Kier alpha value is -2.30. The summed E-state index contributed by atoms with van der Waals surface area (Å²) in [6.45, 7) is 2.04. The Kier molecular flexibility index (Phi) is 4.40. The minimum atomic E-state index is -0.451. The van der Waals surface area contributed by atoms with Crippen LogP contribution >= 0.6 is 0 Å². The molecule has 0 saturated heterocycles. The van der Waals surface area contributed by atoms with Crippen LogP contribution < -0.4 is 10.2 Å². The maximum Gasteiger partial charge on any atom is 0.311 e. The third-order valence-electron chi connectivity index (χ3n) is 2.96. The van der Waals surface area contributed by atoms with Crippen LogP contribution in [0.2, 0.25) is 0 Å². The minimum Gasteiger partial charge on any atom is -0.504 e. The van der Waals surface area contributed by atoms with E-state index < -0.39 is 5.97 Å². The number of carbonyl (C=O) groups excluding carboxylic acids is 1. The summed E-state index contributed by atoms with van der Waals surface area (Å²) >= 11 is 0. The summed E-state index contributed by atoms with van der Waals surface area (Å²) in [5, 5.41) is 10.0. The van der Waals surface area contributed by atoms with Crippen molar-refractivity contribution in [2.45, 2.75) is 32.6 Å². The van der Waals surface area contributed by atoms with Gasteiger partial charge in [-0.2, -0.15) is 0 Å². The molecule has 1 aromatic heterocycles. The molecule has 0 radical (unpaired) electrons. The number of carbonyl (C=O) groups is 1. The van der Waals surface area contributed by atoms with Gasteiger partial charge in [-0.1, -0.05) is 19.8 Å². The van der Waals surface area contributed by atoms with Gasteiger partial charge in [0.25, 0.3) is 0 Å². The number of hydrogen-bond acceptors (Lipinski definition) is 5. The van der Waals surface area contributed by atoms with E-state index in [2.05, 4.69) is 0 Å². The first-order valence-electron chi connectivity index (χ1n) is 6.57. The number of phenols is 1. The third-order valence-corrected chi connectivity index (χ3v) is 2.96. The predicted molar refractivity (Wildman–Crippen MR) is 73.9 cm³/mol. The second kappa shape index (κ2) is 6.23. The number of esters is 1. The van der Waals surface area contributed by atoms with Crippen LogP contribution in [0.3, 0.4) is 0 Å². The van der Waals surface area contributed by atoms with E-state index in [1.165, 1.54) is 24.5 Å². The Morgan fingerprint density at radius 2 is 2.10 bits per heavy atom. The summed E-state index contributed by atoms with van der Waals surface area (Å²) in [4.78, 5) is 23.4. The van der Waals surface area contributed by atoms with Gasteiger partial charge >= 0.3 is 5.97 Å². The molecular weight excluding hydrogens is 260 g/mol. The first-order valence-corrected chi connectivity index (χ1v) is 6.57. The fraction of sp³-hybridized carbons (Fsp3) is 0.333. The van der Waals surface area contributed by atoms with Crippen molar-refractivity contribution in [3.05, 3.63) is 34.7 Å². The summed E-state index contributed by atoms with van der Waals surface area (Å²) in [5.41, 5.74) is -0.170. The summed E-state index contributed by atoms with van der Waals surface area (Å²) in [7, 11) is 0. The van der Waals surface area contributed by atoms with Crippen LogP contribution in [0.1, 0.15) is 32.6 Å². The average molecular weight is 276 g/mol. The molecule has 0 aliphatic rings. The van der Waals surface area contributed by atoms with Gasteiger partial charge in [0.15, 0.2) is 16.8 Å². The highest BCUT2D eigenvalue weighted by Crippen LogP contribution is 2.33. The van der Waals surface area contributed by atoms with Crippen LogP contribution in [0.25, 0.3) is 11.0 Å². The summed E-state index contributed by atoms with van der Waals surface area (Å²) in [6, 6.07) is 4.02. The standard InChI is InChI=1S/C15H16O5/c1-2-3-4-5-13(18)20-15-12(17)7-6-10-11(16)8-9-19-14(10)15/h6-9,17H,2-5H2,1H3. The molecule has 106 valence electrons.